The Hall–Kier alpha value is -0.693. The zero-order chi connectivity index (χ0) is 19.8. The van der Waals surface area contributed by atoms with Gasteiger partial charge in [0, 0.05) is 36.3 Å². The molecule has 0 spiro atoms. The molecule has 0 saturated carbocycles. The number of amides is 1. The van der Waals surface area contributed by atoms with Crippen LogP contribution in [0.3, 0.4) is 0 Å². The summed E-state index contributed by atoms with van der Waals surface area (Å²) in [4.78, 5) is 12.1. The molecule has 0 aliphatic heterocycles. The molecule has 1 N–H and O–H groups in total. The molecule has 0 fully saturated rings. The lowest BCUT2D eigenvalue weighted by Crippen LogP contribution is -2.50. The molecular formula is C19H39NO4Si. The average Bonchev–Trinajstić information content (AvgIpc) is 2.31. The summed E-state index contributed by atoms with van der Waals surface area (Å²) in [5, 5.41) is 2.98. The third-order valence-corrected chi connectivity index (χ3v) is 6.10. The van der Waals surface area contributed by atoms with E-state index >= 15 is 0 Å². The van der Waals surface area contributed by atoms with Gasteiger partial charge in [-0.25, -0.2) is 0 Å². The first-order valence-corrected chi connectivity index (χ1v) is 11.2. The molecule has 0 atom stereocenters. The van der Waals surface area contributed by atoms with Crippen molar-refractivity contribution in [2.45, 2.75) is 106 Å². The first-order chi connectivity index (χ1) is 11.2. The van der Waals surface area contributed by atoms with Crippen molar-refractivity contribution in [2.75, 3.05) is 0 Å². The van der Waals surface area contributed by atoms with Gasteiger partial charge in [0.25, 0.3) is 0 Å². The lowest BCUT2D eigenvalue weighted by Gasteiger charge is -2.34. The smallest absolute Gasteiger partial charge is 0.371 e. The minimum absolute atomic E-state index is 0.0158. The number of hydrogen-bond donors (Lipinski definition) is 1. The van der Waals surface area contributed by atoms with Crippen LogP contribution in [0.1, 0.15) is 75.7 Å². The number of carbonyl (C=O) groups is 1. The zero-order valence-corrected chi connectivity index (χ0v) is 18.9. The van der Waals surface area contributed by atoms with E-state index in [0.717, 1.165) is 5.57 Å². The lowest BCUT2D eigenvalue weighted by molar-refractivity contribution is -0.121. The van der Waals surface area contributed by atoms with Gasteiger partial charge in [0.15, 0.2) is 0 Å². The Morgan fingerprint density at radius 2 is 1.36 bits per heavy atom. The second-order valence-corrected chi connectivity index (χ2v) is 10.9. The third kappa shape index (κ3) is 12.3. The maximum Gasteiger partial charge on any atom is 0.505 e. The molecule has 0 aliphatic carbocycles. The fourth-order valence-electron chi connectivity index (χ4n) is 2.39. The summed E-state index contributed by atoms with van der Waals surface area (Å²) in [6.07, 6.45) is 2.44. The standard InChI is InChI=1S/C19H39NO4Si/c1-14(2)22-25(23-15(3)4,24-16(5)6)12-11-17(7)13-18(21)20-19(8,9)10/h11,14-16H,12-13H2,1-10H3,(H,20,21)/b17-11+. The monoisotopic (exact) mass is 373 g/mol. The van der Waals surface area contributed by atoms with Gasteiger partial charge in [-0.15, -0.1) is 0 Å². The largest absolute Gasteiger partial charge is 0.505 e. The van der Waals surface area contributed by atoms with Gasteiger partial charge in [0.2, 0.25) is 5.91 Å². The van der Waals surface area contributed by atoms with Crippen molar-refractivity contribution in [1.29, 1.82) is 0 Å². The Morgan fingerprint density at radius 1 is 0.960 bits per heavy atom. The van der Waals surface area contributed by atoms with Crippen LogP contribution in [-0.4, -0.2) is 38.6 Å². The summed E-state index contributed by atoms with van der Waals surface area (Å²) in [7, 11) is -2.85. The van der Waals surface area contributed by atoms with Crippen LogP contribution >= 0.6 is 0 Å². The fraction of sp³-hybridized carbons (Fsp3) is 0.842. The van der Waals surface area contributed by atoms with Crippen molar-refractivity contribution in [3.63, 3.8) is 0 Å². The van der Waals surface area contributed by atoms with Gasteiger partial charge in [-0.3, -0.25) is 4.79 Å². The SMILES string of the molecule is C/C(=C\C[Si](OC(C)C)(OC(C)C)OC(C)C)CC(=O)NC(C)(C)C. The molecule has 25 heavy (non-hydrogen) atoms. The normalized spacial score (nSPS) is 13.9. The molecule has 0 saturated heterocycles. The van der Waals surface area contributed by atoms with Crippen LogP contribution in [0.2, 0.25) is 6.04 Å². The summed E-state index contributed by atoms with van der Waals surface area (Å²) >= 11 is 0. The van der Waals surface area contributed by atoms with Gasteiger partial charge in [-0.1, -0.05) is 11.6 Å². The molecular weight excluding hydrogens is 334 g/mol. The maximum atomic E-state index is 12.1. The summed E-state index contributed by atoms with van der Waals surface area (Å²) in [5.74, 6) is 0.0212. The number of carbonyl (C=O) groups excluding carboxylic acids is 1. The van der Waals surface area contributed by atoms with E-state index in [1.54, 1.807) is 0 Å². The highest BCUT2D eigenvalue weighted by Gasteiger charge is 2.43. The minimum atomic E-state index is -2.85. The molecule has 0 radical (unpaired) electrons. The van der Waals surface area contributed by atoms with Crippen molar-refractivity contribution < 1.29 is 18.1 Å². The van der Waals surface area contributed by atoms with Crippen LogP contribution < -0.4 is 5.32 Å². The van der Waals surface area contributed by atoms with E-state index < -0.39 is 8.80 Å². The van der Waals surface area contributed by atoms with Crippen LogP contribution in [0.5, 0.6) is 0 Å². The van der Waals surface area contributed by atoms with Gasteiger partial charge in [0.1, 0.15) is 0 Å². The van der Waals surface area contributed by atoms with Gasteiger partial charge in [0.05, 0.1) is 0 Å². The van der Waals surface area contributed by atoms with E-state index in [9.17, 15) is 4.79 Å². The minimum Gasteiger partial charge on any atom is -0.371 e. The molecule has 1 amide bonds. The molecule has 0 heterocycles. The summed E-state index contributed by atoms with van der Waals surface area (Å²) < 4.78 is 18.4. The van der Waals surface area contributed by atoms with Crippen molar-refractivity contribution in [2.24, 2.45) is 0 Å². The fourth-order valence-corrected chi connectivity index (χ4v) is 5.60. The van der Waals surface area contributed by atoms with E-state index in [-0.39, 0.29) is 29.8 Å². The molecule has 0 unspecified atom stereocenters. The van der Waals surface area contributed by atoms with Crippen LogP contribution in [0.4, 0.5) is 0 Å². The summed E-state index contributed by atoms with van der Waals surface area (Å²) in [6, 6.07) is 0.566. The highest BCUT2D eigenvalue weighted by atomic mass is 28.4. The highest BCUT2D eigenvalue weighted by molar-refractivity contribution is 6.61. The predicted molar refractivity (Wildman–Crippen MR) is 105 cm³/mol. The van der Waals surface area contributed by atoms with Crippen LogP contribution in [0.15, 0.2) is 11.6 Å². The van der Waals surface area contributed by atoms with E-state index in [0.29, 0.717) is 12.5 Å². The molecule has 0 aliphatic rings. The van der Waals surface area contributed by atoms with E-state index in [1.807, 2.05) is 75.3 Å². The first-order valence-electron chi connectivity index (χ1n) is 9.25. The quantitative estimate of drug-likeness (QED) is 0.454. The van der Waals surface area contributed by atoms with Crippen LogP contribution in [0.25, 0.3) is 0 Å². The van der Waals surface area contributed by atoms with Crippen molar-refractivity contribution >= 4 is 14.7 Å². The Labute approximate surface area is 155 Å². The average molecular weight is 374 g/mol. The Bertz CT molecular complexity index is 413. The van der Waals surface area contributed by atoms with Gasteiger partial charge in [-0.2, -0.15) is 0 Å². The second kappa shape index (κ2) is 10.5. The van der Waals surface area contributed by atoms with Gasteiger partial charge >= 0.3 is 8.80 Å². The molecule has 6 heteroatoms. The van der Waals surface area contributed by atoms with Gasteiger partial charge in [-0.05, 0) is 69.2 Å². The Kier molecular flexibility index (Phi) is 10.2. The molecule has 0 aromatic rings. The summed E-state index contributed by atoms with van der Waals surface area (Å²) in [6.45, 7) is 19.8. The number of nitrogens with one attached hydrogen (secondary N) is 1. The molecule has 0 aromatic carbocycles. The Balaban J connectivity index is 5.17. The predicted octanol–water partition coefficient (Wildman–Crippen LogP) is 4.45. The number of allylic oxidation sites excluding steroid dienone is 1. The summed E-state index contributed by atoms with van der Waals surface area (Å²) in [5.41, 5.74) is 0.767. The Morgan fingerprint density at radius 3 is 1.68 bits per heavy atom. The van der Waals surface area contributed by atoms with E-state index in [4.69, 9.17) is 13.3 Å². The van der Waals surface area contributed by atoms with Crippen LogP contribution in [-0.2, 0) is 18.1 Å². The van der Waals surface area contributed by atoms with Crippen molar-refractivity contribution in [3.05, 3.63) is 11.6 Å². The maximum absolute atomic E-state index is 12.1. The highest BCUT2D eigenvalue weighted by Crippen LogP contribution is 2.24. The molecule has 0 rings (SSSR count). The molecule has 0 aromatic heterocycles. The van der Waals surface area contributed by atoms with Crippen LogP contribution in [0, 0.1) is 0 Å². The van der Waals surface area contributed by atoms with E-state index in [1.165, 1.54) is 0 Å². The molecule has 148 valence electrons. The van der Waals surface area contributed by atoms with Gasteiger partial charge < -0.3 is 18.6 Å². The second-order valence-electron chi connectivity index (χ2n) is 8.41. The van der Waals surface area contributed by atoms with Crippen molar-refractivity contribution in [1.82, 2.24) is 5.32 Å². The number of rotatable bonds is 10. The van der Waals surface area contributed by atoms with Crippen molar-refractivity contribution in [3.8, 4) is 0 Å². The lowest BCUT2D eigenvalue weighted by atomic mass is 10.1. The number of hydrogen-bond acceptors (Lipinski definition) is 4. The van der Waals surface area contributed by atoms with E-state index in [2.05, 4.69) is 5.32 Å². The zero-order valence-electron chi connectivity index (χ0n) is 17.9. The molecule has 0 bridgehead atoms. The first kappa shape index (κ1) is 24.3. The topological polar surface area (TPSA) is 56.8 Å². The third-order valence-electron chi connectivity index (χ3n) is 2.90. The molecule has 5 nitrogen and oxygen atoms in total.